The van der Waals surface area contributed by atoms with Gasteiger partial charge >= 0.3 is 0 Å². The van der Waals surface area contributed by atoms with E-state index < -0.39 is 6.04 Å². The SMILES string of the molecule is [2H]c1c([2H])c([2H])c(-c2ccc3c(c2)n(-c2[c-]c(Oc4[c-]c5c(cc4)c4ccccc4n5-c4cc(C(C)(C)C)ccn4)ccc2)[c-][n+]3-c2c(C(C)(C)C)cccc2C(C)(C)C)c([2H])c1[2H].[Pt]. The first-order valence-corrected chi connectivity index (χ1v) is 20.1. The van der Waals surface area contributed by atoms with E-state index in [4.69, 9.17) is 16.6 Å². The molecule has 0 fully saturated rings. The summed E-state index contributed by atoms with van der Waals surface area (Å²) in [6.07, 6.45) is 5.55. The number of para-hydroxylation sites is 2. The second-order valence-corrected chi connectivity index (χ2v) is 18.3. The zero-order valence-electron chi connectivity index (χ0n) is 40.4. The molecular weight excluding hydrogens is 916 g/mol. The van der Waals surface area contributed by atoms with E-state index in [2.05, 4.69) is 138 Å². The van der Waals surface area contributed by atoms with Crippen LogP contribution in [0.3, 0.4) is 0 Å². The van der Waals surface area contributed by atoms with Crippen LogP contribution >= 0.6 is 0 Å². The molecule has 0 saturated heterocycles. The number of hydrogen-bond donors (Lipinski definition) is 0. The van der Waals surface area contributed by atoms with Crippen molar-refractivity contribution >= 4 is 32.8 Å². The van der Waals surface area contributed by atoms with Gasteiger partial charge < -0.3 is 13.9 Å². The van der Waals surface area contributed by atoms with Crippen LogP contribution in [0, 0.1) is 18.5 Å². The standard InChI is InChI=1S/C54H50N4O.Pt/c1-52(2,3)38-29-30-55-50(32-38)58-46-24-14-13-21-42(46)43-27-26-41(34-48(43)58)59-40-20-15-19-39(33-40)56-35-57(47-28-25-37(31-49(47)56)36-17-11-10-12-18-36)51-44(53(4,5)6)22-16-23-45(51)54(7,8)9;/h10-32H,1-9H3;/q-2;/i10D,11D,12D,17D,18D;. The molecule has 9 aromatic rings. The molecule has 0 aliphatic heterocycles. The average Bonchev–Trinajstić information content (AvgIpc) is 3.79. The maximum absolute atomic E-state index is 8.82. The Kier molecular flexibility index (Phi) is 8.97. The fourth-order valence-corrected chi connectivity index (χ4v) is 7.92. The van der Waals surface area contributed by atoms with Crippen molar-refractivity contribution in [3.8, 4) is 39.8 Å². The Hall–Kier alpha value is -5.77. The molecule has 0 spiro atoms. The Morgan fingerprint density at radius 1 is 0.633 bits per heavy atom. The minimum absolute atomic E-state index is 0. The van der Waals surface area contributed by atoms with Crippen molar-refractivity contribution in [1.82, 2.24) is 14.1 Å². The van der Waals surface area contributed by atoms with Crippen LogP contribution in [0.5, 0.6) is 11.5 Å². The van der Waals surface area contributed by atoms with E-state index in [1.807, 2.05) is 65.4 Å². The Bertz CT molecular complexity index is 3270. The van der Waals surface area contributed by atoms with E-state index in [0.717, 1.165) is 50.0 Å². The molecule has 0 aliphatic rings. The van der Waals surface area contributed by atoms with Crippen LogP contribution in [0.15, 0.2) is 140 Å². The fraction of sp³-hybridized carbons (Fsp3) is 0.222. The predicted molar refractivity (Wildman–Crippen MR) is 242 cm³/mol. The van der Waals surface area contributed by atoms with Crippen LogP contribution in [-0.2, 0) is 37.3 Å². The van der Waals surface area contributed by atoms with Gasteiger partial charge in [-0.2, -0.15) is 18.2 Å². The number of hydrogen-bond acceptors (Lipinski definition) is 2. The zero-order valence-corrected chi connectivity index (χ0v) is 37.7. The van der Waals surface area contributed by atoms with Gasteiger partial charge in [0.1, 0.15) is 5.82 Å². The summed E-state index contributed by atoms with van der Waals surface area (Å²) in [5.41, 5.74) is 8.55. The monoisotopic (exact) mass is 970 g/mol. The van der Waals surface area contributed by atoms with Crippen LogP contribution in [0.1, 0.15) is 85.9 Å². The first-order valence-electron chi connectivity index (χ1n) is 22.6. The molecule has 0 unspecified atom stereocenters. The summed E-state index contributed by atoms with van der Waals surface area (Å²) < 4.78 is 55.5. The van der Waals surface area contributed by atoms with Gasteiger partial charge in [0.25, 0.3) is 6.33 Å². The summed E-state index contributed by atoms with van der Waals surface area (Å²) in [6.45, 7) is 19.8. The van der Waals surface area contributed by atoms with E-state index >= 15 is 0 Å². The van der Waals surface area contributed by atoms with Gasteiger partial charge in [0.05, 0.1) is 23.6 Å². The molecule has 3 heterocycles. The Morgan fingerprint density at radius 2 is 1.33 bits per heavy atom. The molecule has 9 rings (SSSR count). The average molecular weight is 971 g/mol. The van der Waals surface area contributed by atoms with E-state index in [1.54, 1.807) is 0 Å². The van der Waals surface area contributed by atoms with Gasteiger partial charge in [-0.05, 0) is 79.4 Å². The van der Waals surface area contributed by atoms with Gasteiger partial charge in [-0.1, -0.05) is 147 Å². The molecule has 3 aromatic heterocycles. The predicted octanol–water partition coefficient (Wildman–Crippen LogP) is 13.1. The molecule has 0 bridgehead atoms. The van der Waals surface area contributed by atoms with Crippen molar-refractivity contribution < 1.29 is 37.2 Å². The van der Waals surface area contributed by atoms with E-state index in [1.165, 1.54) is 5.56 Å². The number of ether oxygens (including phenoxy) is 1. The van der Waals surface area contributed by atoms with Gasteiger partial charge in [0, 0.05) is 44.3 Å². The number of pyridine rings is 1. The van der Waals surface area contributed by atoms with Gasteiger partial charge in [0.15, 0.2) is 0 Å². The van der Waals surface area contributed by atoms with Crippen molar-refractivity contribution in [2.24, 2.45) is 0 Å². The summed E-state index contributed by atoms with van der Waals surface area (Å²) in [5, 5.41) is 2.12. The summed E-state index contributed by atoms with van der Waals surface area (Å²) in [5.74, 6) is 1.76. The van der Waals surface area contributed by atoms with Crippen LogP contribution < -0.4 is 9.30 Å². The number of imidazole rings is 1. The molecule has 0 N–H and O–H groups in total. The third kappa shape index (κ3) is 7.50. The number of nitrogens with zero attached hydrogens (tertiary/aromatic N) is 4. The molecule has 0 saturated carbocycles. The Balaban J connectivity index is 0.00000576. The van der Waals surface area contributed by atoms with Crippen molar-refractivity contribution in [2.45, 2.75) is 78.6 Å². The van der Waals surface area contributed by atoms with Gasteiger partial charge in [-0.3, -0.25) is 4.57 Å². The summed E-state index contributed by atoms with van der Waals surface area (Å²) >= 11 is 0. The maximum atomic E-state index is 8.82. The Morgan fingerprint density at radius 3 is 2.05 bits per heavy atom. The van der Waals surface area contributed by atoms with Crippen molar-refractivity contribution in [3.05, 3.63) is 175 Å². The number of rotatable bonds is 6. The Labute approximate surface area is 375 Å². The molecule has 6 heteroatoms. The normalized spacial score (nSPS) is 13.4. The minimum atomic E-state index is -0.432. The van der Waals surface area contributed by atoms with E-state index in [9.17, 15) is 0 Å². The molecule has 6 aromatic carbocycles. The second-order valence-electron chi connectivity index (χ2n) is 18.3. The van der Waals surface area contributed by atoms with E-state index in [-0.39, 0.29) is 67.0 Å². The number of fused-ring (bicyclic) bond motifs is 4. The van der Waals surface area contributed by atoms with Crippen LogP contribution in [0.25, 0.3) is 61.2 Å². The van der Waals surface area contributed by atoms with Gasteiger partial charge in [-0.25, -0.2) is 4.98 Å². The molecular formula is C54H50N4OPt-2. The quantitative estimate of drug-likeness (QED) is 0.123. The number of aromatic nitrogens is 4. The smallest absolute Gasteiger partial charge is 0.268 e. The third-order valence-electron chi connectivity index (χ3n) is 10.9. The molecule has 304 valence electrons. The topological polar surface area (TPSA) is 35.9 Å². The fourth-order valence-electron chi connectivity index (χ4n) is 7.92. The molecule has 0 atom stereocenters. The molecule has 60 heavy (non-hydrogen) atoms. The van der Waals surface area contributed by atoms with Crippen molar-refractivity contribution in [3.63, 3.8) is 0 Å². The zero-order chi connectivity index (χ0) is 45.6. The third-order valence-corrected chi connectivity index (χ3v) is 10.9. The van der Waals surface area contributed by atoms with E-state index in [0.29, 0.717) is 28.3 Å². The van der Waals surface area contributed by atoms with Gasteiger partial charge in [0.2, 0.25) is 0 Å². The molecule has 5 nitrogen and oxygen atoms in total. The van der Waals surface area contributed by atoms with Crippen molar-refractivity contribution in [1.29, 1.82) is 0 Å². The summed E-state index contributed by atoms with van der Waals surface area (Å²) in [4.78, 5) is 4.83. The molecule has 0 radical (unpaired) electrons. The summed E-state index contributed by atoms with van der Waals surface area (Å²) in [7, 11) is 0. The van der Waals surface area contributed by atoms with Crippen LogP contribution in [0.4, 0.5) is 0 Å². The first kappa shape index (κ1) is 35.0. The first-order chi connectivity index (χ1) is 30.2. The van der Waals surface area contributed by atoms with Crippen molar-refractivity contribution in [2.75, 3.05) is 0 Å². The minimum Gasteiger partial charge on any atom is -0.510 e. The van der Waals surface area contributed by atoms with Gasteiger partial charge in [-0.15, -0.1) is 29.7 Å². The number of benzene rings is 6. The largest absolute Gasteiger partial charge is 0.510 e. The molecule has 0 amide bonds. The maximum Gasteiger partial charge on any atom is 0.268 e. The second kappa shape index (κ2) is 15.4. The summed E-state index contributed by atoms with van der Waals surface area (Å²) in [6, 6.07) is 39.6. The van der Waals surface area contributed by atoms with Crippen LogP contribution in [0.2, 0.25) is 0 Å². The molecule has 0 aliphatic carbocycles. The van der Waals surface area contributed by atoms with Crippen LogP contribution in [-0.4, -0.2) is 14.1 Å².